The molecule has 1 fully saturated rings. The molecule has 0 aliphatic carbocycles. The number of hydrogen-bond donors (Lipinski definition) is 0. The van der Waals surface area contributed by atoms with Crippen molar-refractivity contribution in [1.82, 2.24) is 4.31 Å². The molecule has 1 aliphatic heterocycles. The van der Waals surface area contributed by atoms with Gasteiger partial charge in [-0.05, 0) is 35.2 Å². The SMILES string of the molecule is CN(Cc1ccc2ccccc2c1)S(=O)(=O)C1CCCOC1. The van der Waals surface area contributed by atoms with Gasteiger partial charge in [0, 0.05) is 20.2 Å². The molecule has 0 spiro atoms. The fraction of sp³-hybridized carbons (Fsp3) is 0.412. The Balaban J connectivity index is 1.78. The summed E-state index contributed by atoms with van der Waals surface area (Å²) in [4.78, 5) is 0. The molecular formula is C17H21NO3S. The Labute approximate surface area is 131 Å². The number of nitrogens with zero attached hydrogens (tertiary/aromatic N) is 1. The van der Waals surface area contributed by atoms with E-state index in [-0.39, 0.29) is 0 Å². The highest BCUT2D eigenvalue weighted by Gasteiger charge is 2.31. The summed E-state index contributed by atoms with van der Waals surface area (Å²) < 4.78 is 32.0. The zero-order valence-electron chi connectivity index (χ0n) is 12.7. The molecule has 4 nitrogen and oxygen atoms in total. The van der Waals surface area contributed by atoms with Gasteiger partial charge in [0.1, 0.15) is 0 Å². The predicted molar refractivity (Wildman–Crippen MR) is 88.2 cm³/mol. The van der Waals surface area contributed by atoms with Crippen molar-refractivity contribution in [1.29, 1.82) is 0 Å². The molecule has 0 aromatic heterocycles. The highest BCUT2D eigenvalue weighted by molar-refractivity contribution is 7.89. The van der Waals surface area contributed by atoms with Crippen LogP contribution in [0.15, 0.2) is 42.5 Å². The average Bonchev–Trinajstić information content (AvgIpc) is 2.55. The second-order valence-corrected chi connectivity index (χ2v) is 8.14. The maximum Gasteiger partial charge on any atom is 0.219 e. The third-order valence-electron chi connectivity index (χ3n) is 4.19. The molecule has 118 valence electrons. The first-order valence-corrected chi connectivity index (χ1v) is 9.08. The Hall–Kier alpha value is -1.43. The monoisotopic (exact) mass is 319 g/mol. The van der Waals surface area contributed by atoms with Crippen LogP contribution < -0.4 is 0 Å². The van der Waals surface area contributed by atoms with Gasteiger partial charge in [0.25, 0.3) is 0 Å². The minimum Gasteiger partial charge on any atom is -0.380 e. The number of ether oxygens (including phenoxy) is 1. The Morgan fingerprint density at radius 1 is 1.18 bits per heavy atom. The maximum atomic E-state index is 12.6. The molecule has 0 saturated carbocycles. The van der Waals surface area contributed by atoms with Crippen molar-refractivity contribution in [2.24, 2.45) is 0 Å². The number of sulfonamides is 1. The van der Waals surface area contributed by atoms with E-state index < -0.39 is 15.3 Å². The molecule has 0 bridgehead atoms. The van der Waals surface area contributed by atoms with Crippen LogP contribution in [0.4, 0.5) is 0 Å². The minimum atomic E-state index is -3.31. The first kappa shape index (κ1) is 15.5. The highest BCUT2D eigenvalue weighted by Crippen LogP contribution is 2.21. The Bertz CT molecular complexity index is 751. The van der Waals surface area contributed by atoms with Crippen LogP contribution >= 0.6 is 0 Å². The van der Waals surface area contributed by atoms with Crippen LogP contribution in [-0.4, -0.2) is 38.2 Å². The molecule has 2 aromatic carbocycles. The molecule has 1 atom stereocenters. The second-order valence-electron chi connectivity index (χ2n) is 5.82. The normalized spacial score (nSPS) is 19.6. The van der Waals surface area contributed by atoms with E-state index >= 15 is 0 Å². The number of benzene rings is 2. The van der Waals surface area contributed by atoms with E-state index in [9.17, 15) is 8.42 Å². The van der Waals surface area contributed by atoms with Crippen molar-refractivity contribution in [3.8, 4) is 0 Å². The molecule has 2 aromatic rings. The fourth-order valence-electron chi connectivity index (χ4n) is 2.88. The van der Waals surface area contributed by atoms with E-state index in [0.29, 0.717) is 26.2 Å². The number of hydrogen-bond acceptors (Lipinski definition) is 3. The van der Waals surface area contributed by atoms with Gasteiger partial charge in [0.05, 0.1) is 11.9 Å². The van der Waals surface area contributed by atoms with E-state index in [1.54, 1.807) is 7.05 Å². The van der Waals surface area contributed by atoms with E-state index in [4.69, 9.17) is 4.74 Å². The van der Waals surface area contributed by atoms with Crippen LogP contribution in [0.5, 0.6) is 0 Å². The van der Waals surface area contributed by atoms with Crippen LogP contribution in [0.25, 0.3) is 10.8 Å². The van der Waals surface area contributed by atoms with Gasteiger partial charge in [0.15, 0.2) is 0 Å². The van der Waals surface area contributed by atoms with Gasteiger partial charge in [-0.3, -0.25) is 0 Å². The second kappa shape index (κ2) is 6.36. The lowest BCUT2D eigenvalue weighted by atomic mass is 10.1. The molecule has 0 radical (unpaired) electrons. The van der Waals surface area contributed by atoms with Gasteiger partial charge in [-0.1, -0.05) is 36.4 Å². The van der Waals surface area contributed by atoms with Gasteiger partial charge in [-0.25, -0.2) is 12.7 Å². The molecule has 3 rings (SSSR count). The number of rotatable bonds is 4. The lowest BCUT2D eigenvalue weighted by Crippen LogP contribution is -2.40. The van der Waals surface area contributed by atoms with Crippen LogP contribution in [0.1, 0.15) is 18.4 Å². The third-order valence-corrected chi connectivity index (χ3v) is 6.41. The summed E-state index contributed by atoms with van der Waals surface area (Å²) in [6.07, 6.45) is 1.50. The van der Waals surface area contributed by atoms with Gasteiger partial charge >= 0.3 is 0 Å². The fourth-order valence-corrected chi connectivity index (χ4v) is 4.46. The van der Waals surface area contributed by atoms with Crippen LogP contribution in [-0.2, 0) is 21.3 Å². The third kappa shape index (κ3) is 3.16. The molecule has 1 heterocycles. The lowest BCUT2D eigenvalue weighted by Gasteiger charge is -2.27. The Kier molecular flexibility index (Phi) is 4.47. The summed E-state index contributed by atoms with van der Waals surface area (Å²) in [7, 11) is -1.65. The van der Waals surface area contributed by atoms with Crippen LogP contribution in [0, 0.1) is 0 Å². The summed E-state index contributed by atoms with van der Waals surface area (Å²) in [6.45, 7) is 1.37. The smallest absolute Gasteiger partial charge is 0.219 e. The van der Waals surface area contributed by atoms with Crippen molar-refractivity contribution >= 4 is 20.8 Å². The first-order valence-electron chi connectivity index (χ1n) is 7.58. The molecule has 22 heavy (non-hydrogen) atoms. The highest BCUT2D eigenvalue weighted by atomic mass is 32.2. The molecule has 1 aliphatic rings. The summed E-state index contributed by atoms with van der Waals surface area (Å²) in [5.41, 5.74) is 1.00. The molecule has 0 amide bonds. The quantitative estimate of drug-likeness (QED) is 0.870. The molecule has 0 N–H and O–H groups in total. The Morgan fingerprint density at radius 3 is 2.68 bits per heavy atom. The molecule has 1 unspecified atom stereocenters. The maximum absolute atomic E-state index is 12.6. The number of fused-ring (bicyclic) bond motifs is 1. The van der Waals surface area contributed by atoms with Crippen molar-refractivity contribution in [3.05, 3.63) is 48.0 Å². The average molecular weight is 319 g/mol. The predicted octanol–water partition coefficient (Wildman–Crippen LogP) is 2.78. The van der Waals surface area contributed by atoms with Crippen LogP contribution in [0.2, 0.25) is 0 Å². The van der Waals surface area contributed by atoms with Crippen molar-refractivity contribution in [2.45, 2.75) is 24.6 Å². The zero-order valence-corrected chi connectivity index (χ0v) is 13.6. The van der Waals surface area contributed by atoms with E-state index in [0.717, 1.165) is 22.8 Å². The zero-order chi connectivity index (χ0) is 15.6. The standard InChI is InChI=1S/C17H21NO3S/c1-18(22(19,20)17-7-4-10-21-13-17)12-14-8-9-15-5-2-3-6-16(15)11-14/h2-3,5-6,8-9,11,17H,4,7,10,12-13H2,1H3. The minimum absolute atomic E-state index is 0.310. The molecule has 5 heteroatoms. The largest absolute Gasteiger partial charge is 0.380 e. The summed E-state index contributed by atoms with van der Waals surface area (Å²) in [5.74, 6) is 0. The van der Waals surface area contributed by atoms with Gasteiger partial charge in [-0.2, -0.15) is 0 Å². The first-order chi connectivity index (χ1) is 10.6. The van der Waals surface area contributed by atoms with Gasteiger partial charge in [0.2, 0.25) is 10.0 Å². The molecule has 1 saturated heterocycles. The van der Waals surface area contributed by atoms with Gasteiger partial charge < -0.3 is 4.74 Å². The van der Waals surface area contributed by atoms with Crippen molar-refractivity contribution in [3.63, 3.8) is 0 Å². The summed E-state index contributed by atoms with van der Waals surface area (Å²) >= 11 is 0. The van der Waals surface area contributed by atoms with Crippen LogP contribution in [0.3, 0.4) is 0 Å². The topological polar surface area (TPSA) is 46.6 Å². The van der Waals surface area contributed by atoms with E-state index in [2.05, 4.69) is 12.1 Å². The van der Waals surface area contributed by atoms with Crippen molar-refractivity contribution < 1.29 is 13.2 Å². The van der Waals surface area contributed by atoms with Crippen molar-refractivity contribution in [2.75, 3.05) is 20.3 Å². The lowest BCUT2D eigenvalue weighted by molar-refractivity contribution is 0.0976. The Morgan fingerprint density at radius 2 is 1.95 bits per heavy atom. The summed E-state index contributed by atoms with van der Waals surface area (Å²) in [6, 6.07) is 14.2. The van der Waals surface area contributed by atoms with E-state index in [1.807, 2.05) is 30.3 Å². The molecular weight excluding hydrogens is 298 g/mol. The van der Waals surface area contributed by atoms with E-state index in [1.165, 1.54) is 4.31 Å². The van der Waals surface area contributed by atoms with Gasteiger partial charge in [-0.15, -0.1) is 0 Å². The summed E-state index contributed by atoms with van der Waals surface area (Å²) in [5, 5.41) is 1.89.